The van der Waals surface area contributed by atoms with Gasteiger partial charge in [-0.15, -0.1) is 0 Å². The molecular formula is C12H14BrFO3. The van der Waals surface area contributed by atoms with E-state index in [1.807, 2.05) is 13.8 Å². The Morgan fingerprint density at radius 1 is 1.53 bits per heavy atom. The molecule has 1 fully saturated rings. The quantitative estimate of drug-likeness (QED) is 0.859. The van der Waals surface area contributed by atoms with Gasteiger partial charge in [0.1, 0.15) is 24.3 Å². The van der Waals surface area contributed by atoms with E-state index in [1.165, 1.54) is 6.07 Å². The molecule has 0 amide bonds. The van der Waals surface area contributed by atoms with E-state index in [4.69, 9.17) is 14.2 Å². The zero-order valence-electron chi connectivity index (χ0n) is 9.70. The van der Waals surface area contributed by atoms with Crippen molar-refractivity contribution in [2.45, 2.75) is 25.7 Å². The van der Waals surface area contributed by atoms with Gasteiger partial charge in [-0.05, 0) is 41.9 Å². The maximum absolute atomic E-state index is 13.2. The first-order valence-electron chi connectivity index (χ1n) is 5.36. The van der Waals surface area contributed by atoms with Gasteiger partial charge >= 0.3 is 0 Å². The molecule has 0 saturated carbocycles. The van der Waals surface area contributed by atoms with Gasteiger partial charge in [0.15, 0.2) is 5.79 Å². The fourth-order valence-corrected chi connectivity index (χ4v) is 2.00. The van der Waals surface area contributed by atoms with Crippen LogP contribution in [-0.2, 0) is 9.47 Å². The van der Waals surface area contributed by atoms with Gasteiger partial charge in [-0.25, -0.2) is 4.39 Å². The third-order valence-electron chi connectivity index (χ3n) is 2.41. The van der Waals surface area contributed by atoms with E-state index in [9.17, 15) is 4.39 Å². The van der Waals surface area contributed by atoms with Crippen molar-refractivity contribution in [2.24, 2.45) is 0 Å². The molecule has 0 radical (unpaired) electrons. The molecule has 5 heteroatoms. The third-order valence-corrected chi connectivity index (χ3v) is 3.18. The molecule has 1 saturated heterocycles. The molecule has 17 heavy (non-hydrogen) atoms. The van der Waals surface area contributed by atoms with Crippen LogP contribution in [0.2, 0.25) is 0 Å². The highest BCUT2D eigenvalue weighted by Gasteiger charge is 2.33. The fraction of sp³-hybridized carbons (Fsp3) is 0.500. The zero-order chi connectivity index (χ0) is 12.5. The summed E-state index contributed by atoms with van der Waals surface area (Å²) in [4.78, 5) is 0. The van der Waals surface area contributed by atoms with E-state index in [0.29, 0.717) is 23.4 Å². The summed E-state index contributed by atoms with van der Waals surface area (Å²) in [5.41, 5.74) is 0. The first-order valence-corrected chi connectivity index (χ1v) is 6.16. The van der Waals surface area contributed by atoms with Crippen molar-refractivity contribution in [2.75, 3.05) is 13.2 Å². The smallest absolute Gasteiger partial charge is 0.163 e. The number of hydrogen-bond donors (Lipinski definition) is 0. The van der Waals surface area contributed by atoms with E-state index >= 15 is 0 Å². The van der Waals surface area contributed by atoms with Crippen LogP contribution in [0.25, 0.3) is 0 Å². The molecule has 0 N–H and O–H groups in total. The summed E-state index contributed by atoms with van der Waals surface area (Å²) in [5, 5.41) is 0. The molecule has 94 valence electrons. The Balaban J connectivity index is 1.93. The van der Waals surface area contributed by atoms with Crippen molar-refractivity contribution >= 4 is 15.9 Å². The van der Waals surface area contributed by atoms with E-state index in [-0.39, 0.29) is 11.9 Å². The summed E-state index contributed by atoms with van der Waals surface area (Å²) in [6.07, 6.45) is -0.125. The minimum atomic E-state index is -0.562. The minimum absolute atomic E-state index is 0.125. The van der Waals surface area contributed by atoms with E-state index in [2.05, 4.69) is 15.9 Å². The van der Waals surface area contributed by atoms with Gasteiger partial charge in [0.05, 0.1) is 11.1 Å². The van der Waals surface area contributed by atoms with Crippen molar-refractivity contribution < 1.29 is 18.6 Å². The van der Waals surface area contributed by atoms with Gasteiger partial charge in [0.2, 0.25) is 0 Å². The summed E-state index contributed by atoms with van der Waals surface area (Å²) >= 11 is 3.14. The van der Waals surface area contributed by atoms with E-state index in [0.717, 1.165) is 0 Å². The van der Waals surface area contributed by atoms with E-state index < -0.39 is 5.79 Å². The molecule has 1 unspecified atom stereocenters. The van der Waals surface area contributed by atoms with Crippen molar-refractivity contribution in [1.82, 2.24) is 0 Å². The normalized spacial score (nSPS) is 22.7. The van der Waals surface area contributed by atoms with Gasteiger partial charge in [0, 0.05) is 0 Å². The monoisotopic (exact) mass is 304 g/mol. The molecule has 2 rings (SSSR count). The van der Waals surface area contributed by atoms with Crippen molar-refractivity contribution in [1.29, 1.82) is 0 Å². The Kier molecular flexibility index (Phi) is 3.70. The number of rotatable bonds is 3. The summed E-state index contributed by atoms with van der Waals surface area (Å²) < 4.78 is 30.0. The Morgan fingerprint density at radius 2 is 2.29 bits per heavy atom. The highest BCUT2D eigenvalue weighted by Crippen LogP contribution is 2.28. The lowest BCUT2D eigenvalue weighted by atomic mass is 10.3. The second-order valence-electron chi connectivity index (χ2n) is 4.31. The second-order valence-corrected chi connectivity index (χ2v) is 5.11. The molecule has 0 aromatic heterocycles. The summed E-state index contributed by atoms with van der Waals surface area (Å²) in [7, 11) is 0. The van der Waals surface area contributed by atoms with Crippen molar-refractivity contribution in [3.05, 3.63) is 28.5 Å². The Bertz CT molecular complexity index is 409. The molecule has 1 aromatic rings. The standard InChI is InChI=1S/C12H14BrFO3/c1-12(2)16-7-8(17-12)6-15-10-5-3-4-9(14)11(10)13/h3-5,8H,6-7H2,1-2H3. The number of halogens is 2. The Morgan fingerprint density at radius 3 is 2.94 bits per heavy atom. The maximum atomic E-state index is 13.2. The molecular weight excluding hydrogens is 291 g/mol. The van der Waals surface area contributed by atoms with Gasteiger partial charge in [0.25, 0.3) is 0 Å². The SMILES string of the molecule is CC1(C)OCC(COc2cccc(F)c2Br)O1. The summed E-state index contributed by atoms with van der Waals surface area (Å²) in [6.45, 7) is 4.53. The Labute approximate surface area is 108 Å². The second kappa shape index (κ2) is 4.92. The number of hydrogen-bond acceptors (Lipinski definition) is 3. The van der Waals surface area contributed by atoms with Gasteiger partial charge in [-0.3, -0.25) is 0 Å². The molecule has 0 bridgehead atoms. The third kappa shape index (κ3) is 3.18. The van der Waals surface area contributed by atoms with Crippen molar-refractivity contribution in [3.63, 3.8) is 0 Å². The van der Waals surface area contributed by atoms with Crippen LogP contribution in [0.1, 0.15) is 13.8 Å². The fourth-order valence-electron chi connectivity index (χ4n) is 1.62. The number of ether oxygens (including phenoxy) is 3. The molecule has 0 spiro atoms. The molecule has 3 nitrogen and oxygen atoms in total. The molecule has 1 aliphatic heterocycles. The molecule has 1 aliphatic rings. The lowest BCUT2D eigenvalue weighted by Crippen LogP contribution is -2.25. The topological polar surface area (TPSA) is 27.7 Å². The Hall–Kier alpha value is -0.650. The lowest BCUT2D eigenvalue weighted by molar-refractivity contribution is -0.141. The van der Waals surface area contributed by atoms with Crippen LogP contribution < -0.4 is 4.74 Å². The minimum Gasteiger partial charge on any atom is -0.489 e. The number of benzene rings is 1. The van der Waals surface area contributed by atoms with Crippen LogP contribution >= 0.6 is 15.9 Å². The van der Waals surface area contributed by atoms with Gasteiger partial charge in [-0.2, -0.15) is 0 Å². The van der Waals surface area contributed by atoms with Gasteiger partial charge < -0.3 is 14.2 Å². The van der Waals surface area contributed by atoms with Crippen LogP contribution in [0.4, 0.5) is 4.39 Å². The largest absolute Gasteiger partial charge is 0.489 e. The van der Waals surface area contributed by atoms with Crippen LogP contribution in [0.15, 0.2) is 22.7 Å². The van der Waals surface area contributed by atoms with Crippen LogP contribution in [-0.4, -0.2) is 25.1 Å². The molecule has 0 aliphatic carbocycles. The molecule has 1 atom stereocenters. The first-order chi connectivity index (χ1) is 7.98. The molecule has 1 aromatic carbocycles. The summed E-state index contributed by atoms with van der Waals surface area (Å²) in [6, 6.07) is 4.68. The highest BCUT2D eigenvalue weighted by molar-refractivity contribution is 9.10. The van der Waals surface area contributed by atoms with Crippen molar-refractivity contribution in [3.8, 4) is 5.75 Å². The van der Waals surface area contributed by atoms with Crippen LogP contribution in [0.5, 0.6) is 5.75 Å². The summed E-state index contributed by atoms with van der Waals surface area (Å²) in [5.74, 6) is -0.433. The highest BCUT2D eigenvalue weighted by atomic mass is 79.9. The lowest BCUT2D eigenvalue weighted by Gasteiger charge is -2.17. The average molecular weight is 305 g/mol. The van der Waals surface area contributed by atoms with Crippen LogP contribution in [0, 0.1) is 5.82 Å². The predicted molar refractivity (Wildman–Crippen MR) is 64.5 cm³/mol. The molecule has 1 heterocycles. The first kappa shape index (κ1) is 12.8. The van der Waals surface area contributed by atoms with Gasteiger partial charge in [-0.1, -0.05) is 6.07 Å². The average Bonchev–Trinajstić information content (AvgIpc) is 2.61. The predicted octanol–water partition coefficient (Wildman–Crippen LogP) is 3.12. The maximum Gasteiger partial charge on any atom is 0.163 e. The van der Waals surface area contributed by atoms with E-state index in [1.54, 1.807) is 12.1 Å². The van der Waals surface area contributed by atoms with Crippen LogP contribution in [0.3, 0.4) is 0 Å². The zero-order valence-corrected chi connectivity index (χ0v) is 11.3.